The topological polar surface area (TPSA) is 16.4 Å². The van der Waals surface area contributed by atoms with E-state index >= 15 is 0 Å². The van der Waals surface area contributed by atoms with Crippen LogP contribution in [0, 0.1) is 0 Å². The molecule has 8 aromatic carbocycles. The molecule has 2 nitrogen and oxygen atoms in total. The van der Waals surface area contributed by atoms with E-state index < -0.39 is 0 Å². The van der Waals surface area contributed by atoms with E-state index in [0.29, 0.717) is 0 Å². The third-order valence-electron chi connectivity index (χ3n) is 11.1. The number of fused-ring (bicyclic) bond motifs is 7. The highest BCUT2D eigenvalue weighted by atomic mass is 32.1. The van der Waals surface area contributed by atoms with E-state index in [1.54, 1.807) is 0 Å². The first-order chi connectivity index (χ1) is 27.2. The van der Waals surface area contributed by atoms with Crippen molar-refractivity contribution in [3.8, 4) is 33.4 Å². The van der Waals surface area contributed by atoms with Crippen molar-refractivity contribution in [1.29, 1.82) is 0 Å². The van der Waals surface area contributed by atoms with Gasteiger partial charge in [0.05, 0.1) is 0 Å². The van der Waals surface area contributed by atoms with Crippen molar-refractivity contribution in [3.63, 3.8) is 0 Å². The molecule has 0 atom stereocenters. The van der Waals surface area contributed by atoms with Crippen LogP contribution >= 0.6 is 11.3 Å². The Morgan fingerprint density at radius 2 is 1.16 bits per heavy atom. The van der Waals surface area contributed by atoms with Crippen LogP contribution in [-0.2, 0) is 6.42 Å². The number of anilines is 3. The normalized spacial score (nSPS) is 12.5. The highest BCUT2D eigenvalue weighted by Gasteiger charge is 2.21. The van der Waals surface area contributed by atoms with E-state index in [-0.39, 0.29) is 0 Å². The molecule has 0 amide bonds. The summed E-state index contributed by atoms with van der Waals surface area (Å²) in [4.78, 5) is 3.82. The molecule has 0 bridgehead atoms. The zero-order valence-corrected chi connectivity index (χ0v) is 30.9. The van der Waals surface area contributed by atoms with E-state index in [0.717, 1.165) is 68.5 Å². The van der Waals surface area contributed by atoms with Gasteiger partial charge in [0, 0.05) is 43.0 Å². The van der Waals surface area contributed by atoms with Crippen LogP contribution in [0.5, 0.6) is 0 Å². The minimum absolute atomic E-state index is 0.900. The summed E-state index contributed by atoms with van der Waals surface area (Å²) in [6.45, 7) is 0. The first kappa shape index (κ1) is 31.8. The van der Waals surface area contributed by atoms with Gasteiger partial charge >= 0.3 is 0 Å². The Morgan fingerprint density at radius 3 is 2.05 bits per heavy atom. The summed E-state index contributed by atoms with van der Waals surface area (Å²) in [5.74, 6) is 0. The zero-order valence-electron chi connectivity index (χ0n) is 30.1. The number of thiophene rings is 1. The molecule has 0 radical (unpaired) electrons. The number of hydrogen-bond acceptors (Lipinski definition) is 3. The molecule has 11 rings (SSSR count). The minimum atomic E-state index is 0.900. The van der Waals surface area contributed by atoms with E-state index in [2.05, 4.69) is 187 Å². The zero-order chi connectivity index (χ0) is 36.3. The largest absolute Gasteiger partial charge is 0.455 e. The molecule has 1 aliphatic rings. The molecule has 0 fully saturated rings. The predicted molar refractivity (Wildman–Crippen MR) is 235 cm³/mol. The van der Waals surface area contributed by atoms with Gasteiger partial charge in [0.25, 0.3) is 0 Å². The first-order valence-electron chi connectivity index (χ1n) is 19.0. The molecule has 0 unspecified atom stereocenters. The van der Waals surface area contributed by atoms with Crippen molar-refractivity contribution < 1.29 is 4.42 Å². The molecule has 0 spiro atoms. The average Bonchev–Trinajstić information content (AvgIpc) is 3.82. The summed E-state index contributed by atoms with van der Waals surface area (Å²) in [6.07, 6.45) is 6.81. The summed E-state index contributed by atoms with van der Waals surface area (Å²) in [7, 11) is 0. The van der Waals surface area contributed by atoms with Crippen molar-refractivity contribution in [3.05, 3.63) is 192 Å². The van der Waals surface area contributed by atoms with Gasteiger partial charge in [-0.2, -0.15) is 0 Å². The first-order valence-corrected chi connectivity index (χ1v) is 19.8. The van der Waals surface area contributed by atoms with Gasteiger partial charge in [-0.25, -0.2) is 0 Å². The molecule has 260 valence electrons. The highest BCUT2D eigenvalue weighted by Crippen LogP contribution is 2.45. The summed E-state index contributed by atoms with van der Waals surface area (Å²) >= 11 is 1.90. The Labute approximate surface area is 323 Å². The van der Waals surface area contributed by atoms with Crippen molar-refractivity contribution in [2.75, 3.05) is 4.90 Å². The summed E-state index contributed by atoms with van der Waals surface area (Å²) in [6, 6.07) is 63.9. The van der Waals surface area contributed by atoms with E-state index in [4.69, 9.17) is 4.42 Å². The third kappa shape index (κ3) is 5.47. The lowest BCUT2D eigenvalue weighted by atomic mass is 9.93. The standard InChI is InChI=1S/C52H35NOS/c1-2-12-34(13-3-1)35-24-26-39(27-25-35)53(40-28-29-47-46-18-7-9-23-50(46)55-51(47)33-40)41-31-37(43-19-10-15-36-14-4-5-16-42(36)43)30-38(32-41)44-20-11-21-48-45-17-6-8-22-49(45)54-52(44)48/h1-6,8-17,19-33H,7,18H2. The number of nitrogens with zero attached hydrogens (tertiary/aromatic N) is 1. The van der Waals surface area contributed by atoms with Crippen molar-refractivity contribution >= 4 is 77.3 Å². The Hall–Kier alpha value is -6.68. The molecule has 2 heterocycles. The van der Waals surface area contributed by atoms with Gasteiger partial charge in [0.2, 0.25) is 0 Å². The summed E-state index contributed by atoms with van der Waals surface area (Å²) in [5, 5.41) is 6.08. The number of benzene rings is 8. The second kappa shape index (κ2) is 13.0. The fourth-order valence-electron chi connectivity index (χ4n) is 8.49. The van der Waals surface area contributed by atoms with Crippen LogP contribution in [0.4, 0.5) is 17.1 Å². The average molecular weight is 722 g/mol. The molecule has 10 aromatic rings. The maximum absolute atomic E-state index is 6.65. The lowest BCUT2D eigenvalue weighted by molar-refractivity contribution is 0.670. The molecular weight excluding hydrogens is 687 g/mol. The van der Waals surface area contributed by atoms with Crippen LogP contribution < -0.4 is 4.90 Å². The van der Waals surface area contributed by atoms with Crippen LogP contribution in [0.3, 0.4) is 0 Å². The van der Waals surface area contributed by atoms with Gasteiger partial charge in [-0.05, 0) is 117 Å². The Morgan fingerprint density at radius 1 is 0.473 bits per heavy atom. The summed E-state index contributed by atoms with van der Waals surface area (Å²) < 4.78 is 7.97. The van der Waals surface area contributed by atoms with E-state index in [9.17, 15) is 0 Å². The maximum atomic E-state index is 6.65. The Kier molecular flexibility index (Phi) is 7.53. The van der Waals surface area contributed by atoms with Gasteiger partial charge in [0.15, 0.2) is 0 Å². The van der Waals surface area contributed by atoms with Crippen LogP contribution in [0.1, 0.15) is 16.9 Å². The maximum Gasteiger partial charge on any atom is 0.143 e. The monoisotopic (exact) mass is 721 g/mol. The molecule has 0 aliphatic heterocycles. The highest BCUT2D eigenvalue weighted by molar-refractivity contribution is 7.20. The van der Waals surface area contributed by atoms with Gasteiger partial charge in [-0.15, -0.1) is 11.3 Å². The molecular formula is C52H35NOS. The Balaban J connectivity index is 1.17. The van der Waals surface area contributed by atoms with E-state index in [1.807, 2.05) is 17.4 Å². The molecule has 55 heavy (non-hydrogen) atoms. The van der Waals surface area contributed by atoms with Gasteiger partial charge < -0.3 is 9.32 Å². The molecule has 3 heteroatoms. The van der Waals surface area contributed by atoms with Crippen molar-refractivity contribution in [1.82, 2.24) is 0 Å². The lowest BCUT2D eigenvalue weighted by Gasteiger charge is -2.27. The number of furan rings is 1. The van der Waals surface area contributed by atoms with Gasteiger partial charge in [0.1, 0.15) is 11.2 Å². The van der Waals surface area contributed by atoms with Gasteiger partial charge in [-0.1, -0.05) is 133 Å². The van der Waals surface area contributed by atoms with Crippen LogP contribution in [0.2, 0.25) is 0 Å². The van der Waals surface area contributed by atoms with Crippen molar-refractivity contribution in [2.45, 2.75) is 12.8 Å². The number of hydrogen-bond donors (Lipinski definition) is 0. The molecule has 1 aliphatic carbocycles. The third-order valence-corrected chi connectivity index (χ3v) is 12.3. The van der Waals surface area contributed by atoms with E-state index in [1.165, 1.54) is 48.0 Å². The smallest absolute Gasteiger partial charge is 0.143 e. The quantitative estimate of drug-likeness (QED) is 0.170. The molecule has 0 saturated carbocycles. The minimum Gasteiger partial charge on any atom is -0.455 e. The van der Waals surface area contributed by atoms with Crippen LogP contribution in [-0.4, -0.2) is 0 Å². The fourth-order valence-corrected chi connectivity index (χ4v) is 9.71. The number of allylic oxidation sites excluding steroid dienone is 1. The van der Waals surface area contributed by atoms with Crippen LogP contribution in [0.25, 0.3) is 82.3 Å². The molecule has 2 aromatic heterocycles. The summed E-state index contributed by atoms with van der Waals surface area (Å²) in [5.41, 5.74) is 13.5. The van der Waals surface area contributed by atoms with Crippen LogP contribution in [0.15, 0.2) is 186 Å². The fraction of sp³-hybridized carbons (Fsp3) is 0.0385. The molecule has 0 N–H and O–H groups in total. The Bertz CT molecular complexity index is 3090. The second-order valence-corrected chi connectivity index (χ2v) is 15.5. The van der Waals surface area contributed by atoms with Gasteiger partial charge in [-0.3, -0.25) is 0 Å². The lowest BCUT2D eigenvalue weighted by Crippen LogP contribution is -2.10. The SMILES string of the molecule is C1=Cc2sc3cc(N(c4ccc(-c5ccccc5)cc4)c4cc(-c5cccc6ccccc56)cc(-c5cccc6c5oc5ccccc56)c4)ccc3c2CC1. The number of para-hydroxylation sites is 2. The molecule has 0 saturated heterocycles. The number of aryl methyl sites for hydroxylation is 1. The van der Waals surface area contributed by atoms with Crippen molar-refractivity contribution in [2.24, 2.45) is 0 Å². The predicted octanol–water partition coefficient (Wildman–Crippen LogP) is 15.4. The second-order valence-electron chi connectivity index (χ2n) is 14.4. The number of rotatable bonds is 6.